The molecule has 1 aromatic rings. The highest BCUT2D eigenvalue weighted by Gasteiger charge is 2.20. The number of anilines is 1. The summed E-state index contributed by atoms with van der Waals surface area (Å²) >= 11 is 0. The molecule has 0 amide bonds. The van der Waals surface area contributed by atoms with Gasteiger partial charge >= 0.3 is 0 Å². The van der Waals surface area contributed by atoms with E-state index in [1.54, 1.807) is 0 Å². The fourth-order valence-electron chi connectivity index (χ4n) is 2.89. The highest BCUT2D eigenvalue weighted by Crippen LogP contribution is 2.26. The molecule has 1 aliphatic heterocycles. The van der Waals surface area contributed by atoms with Crippen LogP contribution >= 0.6 is 0 Å². The largest absolute Gasteiger partial charge is 0.356 e. The van der Waals surface area contributed by atoms with Crippen molar-refractivity contribution < 1.29 is 0 Å². The van der Waals surface area contributed by atoms with E-state index in [4.69, 9.17) is 0 Å². The molecule has 1 N–H and O–H groups in total. The van der Waals surface area contributed by atoms with Crippen LogP contribution in [0.2, 0.25) is 0 Å². The monoisotopic (exact) mass is 247 g/mol. The van der Waals surface area contributed by atoms with Crippen LogP contribution in [0.15, 0.2) is 18.3 Å². The van der Waals surface area contributed by atoms with Crippen molar-refractivity contribution in [1.29, 1.82) is 0 Å². The number of rotatable bonds is 5. The Kier molecular flexibility index (Phi) is 5.00. The molecule has 0 radical (unpaired) electrons. The van der Waals surface area contributed by atoms with E-state index in [1.165, 1.54) is 50.2 Å². The van der Waals surface area contributed by atoms with Crippen LogP contribution in [0.4, 0.5) is 5.82 Å². The molecular weight excluding hydrogens is 222 g/mol. The van der Waals surface area contributed by atoms with Gasteiger partial charge in [0.05, 0.1) is 0 Å². The Morgan fingerprint density at radius 2 is 2.17 bits per heavy atom. The van der Waals surface area contributed by atoms with Crippen molar-refractivity contribution in [2.45, 2.75) is 39.2 Å². The van der Waals surface area contributed by atoms with E-state index in [1.807, 2.05) is 19.3 Å². The van der Waals surface area contributed by atoms with Crippen LogP contribution in [-0.4, -0.2) is 25.1 Å². The summed E-state index contributed by atoms with van der Waals surface area (Å²) in [5.41, 5.74) is 1.31. The van der Waals surface area contributed by atoms with E-state index in [9.17, 15) is 0 Å². The van der Waals surface area contributed by atoms with Gasteiger partial charge in [-0.2, -0.15) is 0 Å². The van der Waals surface area contributed by atoms with E-state index in [0.717, 1.165) is 12.5 Å². The molecule has 1 aromatic heterocycles. The normalized spacial score (nSPS) is 17.1. The Morgan fingerprint density at radius 1 is 1.39 bits per heavy atom. The lowest BCUT2D eigenvalue weighted by atomic mass is 9.92. The van der Waals surface area contributed by atoms with E-state index >= 15 is 0 Å². The molecule has 0 saturated carbocycles. The van der Waals surface area contributed by atoms with Gasteiger partial charge in [0.15, 0.2) is 0 Å². The fraction of sp³-hybridized carbons (Fsp3) is 0.667. The van der Waals surface area contributed by atoms with Gasteiger partial charge in [-0.05, 0) is 31.9 Å². The Morgan fingerprint density at radius 3 is 2.83 bits per heavy atom. The third-order valence-electron chi connectivity index (χ3n) is 3.85. The number of hydrogen-bond acceptors (Lipinski definition) is 3. The number of nitrogens with zero attached hydrogens (tertiary/aromatic N) is 2. The highest BCUT2D eigenvalue weighted by molar-refractivity contribution is 5.47. The van der Waals surface area contributed by atoms with Crippen LogP contribution < -0.4 is 10.2 Å². The quantitative estimate of drug-likeness (QED) is 0.867. The standard InChI is InChI=1S/C15H25N3/c1-3-5-13-7-10-18(11-8-13)15-14(12-16-2)6-4-9-17-15/h4,6,9,13,16H,3,5,7-8,10-12H2,1-2H3. The maximum absolute atomic E-state index is 4.58. The molecular formula is C15H25N3. The van der Waals surface area contributed by atoms with E-state index in [-0.39, 0.29) is 0 Å². The smallest absolute Gasteiger partial charge is 0.133 e. The Hall–Kier alpha value is -1.09. The lowest BCUT2D eigenvalue weighted by molar-refractivity contribution is 0.377. The van der Waals surface area contributed by atoms with Gasteiger partial charge in [-0.3, -0.25) is 0 Å². The topological polar surface area (TPSA) is 28.2 Å². The summed E-state index contributed by atoms with van der Waals surface area (Å²) in [5.74, 6) is 2.12. The van der Waals surface area contributed by atoms with Crippen molar-refractivity contribution in [1.82, 2.24) is 10.3 Å². The van der Waals surface area contributed by atoms with E-state index in [0.29, 0.717) is 0 Å². The molecule has 2 rings (SSSR count). The Labute approximate surface area is 111 Å². The first-order valence-corrected chi connectivity index (χ1v) is 7.18. The number of hydrogen-bond donors (Lipinski definition) is 1. The van der Waals surface area contributed by atoms with Crippen LogP contribution in [0, 0.1) is 5.92 Å². The predicted molar refractivity (Wildman–Crippen MR) is 76.8 cm³/mol. The first kappa shape index (κ1) is 13.3. The molecule has 0 atom stereocenters. The molecule has 1 aliphatic rings. The van der Waals surface area contributed by atoms with Crippen molar-refractivity contribution in [2.24, 2.45) is 5.92 Å². The van der Waals surface area contributed by atoms with E-state index in [2.05, 4.69) is 28.2 Å². The predicted octanol–water partition coefficient (Wildman–Crippen LogP) is 2.82. The number of piperidine rings is 1. The van der Waals surface area contributed by atoms with Crippen LogP contribution in [0.3, 0.4) is 0 Å². The van der Waals surface area contributed by atoms with Gasteiger partial charge in [0.1, 0.15) is 5.82 Å². The Bertz CT molecular complexity index is 357. The Balaban J connectivity index is 2.00. The molecule has 0 spiro atoms. The summed E-state index contributed by atoms with van der Waals surface area (Å²) in [6.45, 7) is 5.52. The maximum Gasteiger partial charge on any atom is 0.133 e. The summed E-state index contributed by atoms with van der Waals surface area (Å²) in [6, 6.07) is 4.21. The van der Waals surface area contributed by atoms with Crippen LogP contribution in [-0.2, 0) is 6.54 Å². The number of nitrogens with one attached hydrogen (secondary N) is 1. The second-order valence-corrected chi connectivity index (χ2v) is 5.24. The molecule has 3 nitrogen and oxygen atoms in total. The summed E-state index contributed by atoms with van der Waals surface area (Å²) < 4.78 is 0. The molecule has 3 heteroatoms. The fourth-order valence-corrected chi connectivity index (χ4v) is 2.89. The molecule has 0 bridgehead atoms. The van der Waals surface area contributed by atoms with E-state index < -0.39 is 0 Å². The molecule has 0 aliphatic carbocycles. The average molecular weight is 247 g/mol. The summed E-state index contributed by atoms with van der Waals surface area (Å²) in [7, 11) is 1.99. The molecule has 100 valence electrons. The molecule has 18 heavy (non-hydrogen) atoms. The second-order valence-electron chi connectivity index (χ2n) is 5.24. The van der Waals surface area contributed by atoms with Gasteiger partial charge in [-0.25, -0.2) is 4.98 Å². The first-order valence-electron chi connectivity index (χ1n) is 7.18. The minimum Gasteiger partial charge on any atom is -0.356 e. The van der Waals surface area contributed by atoms with Crippen LogP contribution in [0.1, 0.15) is 38.2 Å². The highest BCUT2D eigenvalue weighted by atomic mass is 15.2. The van der Waals surface area contributed by atoms with Crippen LogP contribution in [0.5, 0.6) is 0 Å². The molecule has 1 saturated heterocycles. The first-order chi connectivity index (χ1) is 8.85. The molecule has 0 aromatic carbocycles. The van der Waals surface area contributed by atoms with Gasteiger partial charge in [0.25, 0.3) is 0 Å². The lowest BCUT2D eigenvalue weighted by Gasteiger charge is -2.33. The van der Waals surface area contributed by atoms with Gasteiger partial charge in [0, 0.05) is 31.4 Å². The zero-order valence-corrected chi connectivity index (χ0v) is 11.7. The average Bonchev–Trinajstić information content (AvgIpc) is 2.41. The number of pyridine rings is 1. The second kappa shape index (κ2) is 6.74. The third-order valence-corrected chi connectivity index (χ3v) is 3.85. The molecule has 2 heterocycles. The minimum atomic E-state index is 0.901. The van der Waals surface area contributed by atoms with Crippen molar-refractivity contribution in [3.05, 3.63) is 23.9 Å². The van der Waals surface area contributed by atoms with Crippen molar-refractivity contribution in [3.63, 3.8) is 0 Å². The lowest BCUT2D eigenvalue weighted by Crippen LogP contribution is -2.35. The SMILES string of the molecule is CCCC1CCN(c2ncccc2CNC)CC1. The molecule has 1 fully saturated rings. The van der Waals surface area contributed by atoms with Crippen molar-refractivity contribution in [3.8, 4) is 0 Å². The van der Waals surface area contributed by atoms with Gasteiger partial charge in [-0.1, -0.05) is 25.8 Å². The van der Waals surface area contributed by atoms with Crippen molar-refractivity contribution >= 4 is 5.82 Å². The minimum absolute atomic E-state index is 0.901. The molecule has 0 unspecified atom stereocenters. The van der Waals surface area contributed by atoms with Crippen molar-refractivity contribution in [2.75, 3.05) is 25.0 Å². The van der Waals surface area contributed by atoms with Crippen LogP contribution in [0.25, 0.3) is 0 Å². The summed E-state index contributed by atoms with van der Waals surface area (Å²) in [6.07, 6.45) is 7.26. The van der Waals surface area contributed by atoms with Gasteiger partial charge in [-0.15, -0.1) is 0 Å². The zero-order chi connectivity index (χ0) is 12.8. The zero-order valence-electron chi connectivity index (χ0n) is 11.7. The van der Waals surface area contributed by atoms with Gasteiger partial charge in [0.2, 0.25) is 0 Å². The number of aromatic nitrogens is 1. The summed E-state index contributed by atoms with van der Waals surface area (Å²) in [5, 5.41) is 3.23. The van der Waals surface area contributed by atoms with Gasteiger partial charge < -0.3 is 10.2 Å². The third kappa shape index (κ3) is 3.22. The summed E-state index contributed by atoms with van der Waals surface area (Å²) in [4.78, 5) is 7.04. The maximum atomic E-state index is 4.58.